The van der Waals surface area contributed by atoms with Gasteiger partial charge in [0.1, 0.15) is 0 Å². The summed E-state index contributed by atoms with van der Waals surface area (Å²) >= 11 is 4.37. The summed E-state index contributed by atoms with van der Waals surface area (Å²) < 4.78 is 13.2. The van der Waals surface area contributed by atoms with Gasteiger partial charge in [-0.3, -0.25) is 4.79 Å². The monoisotopic (exact) mass is 537 g/mol. The summed E-state index contributed by atoms with van der Waals surface area (Å²) in [5.41, 5.74) is 1.31. The molecule has 122 valence electrons. The van der Waals surface area contributed by atoms with Crippen LogP contribution in [-0.2, 0) is 0 Å². The summed E-state index contributed by atoms with van der Waals surface area (Å²) in [4.78, 5) is 12.5. The summed E-state index contributed by atoms with van der Waals surface area (Å²) in [5, 5.41) is 2.90. The third-order valence-corrected chi connectivity index (χ3v) is 4.42. The fourth-order valence-corrected chi connectivity index (χ4v) is 3.32. The van der Waals surface area contributed by atoms with Gasteiger partial charge in [-0.2, -0.15) is 0 Å². The molecule has 1 N–H and O–H groups in total. The minimum absolute atomic E-state index is 0.172. The molecule has 1 amide bonds. The van der Waals surface area contributed by atoms with E-state index in [4.69, 9.17) is 9.47 Å². The Bertz CT molecular complexity index is 704. The van der Waals surface area contributed by atoms with Crippen LogP contribution in [0, 0.1) is 7.14 Å². The second-order valence-electron chi connectivity index (χ2n) is 4.62. The third-order valence-electron chi connectivity index (χ3n) is 2.94. The lowest BCUT2D eigenvalue weighted by Crippen LogP contribution is -2.13. The molecule has 2 aromatic carbocycles. The minimum Gasteiger partial charge on any atom is -0.490 e. The zero-order valence-electron chi connectivity index (χ0n) is 12.9. The molecule has 0 saturated carbocycles. The molecular formula is C17H17I2NO3. The van der Waals surface area contributed by atoms with Crippen LogP contribution >= 0.6 is 45.2 Å². The molecule has 0 unspecified atom stereocenters. The Hall–Kier alpha value is -1.03. The fraction of sp³-hybridized carbons (Fsp3) is 0.235. The zero-order chi connectivity index (χ0) is 16.8. The molecule has 2 aromatic rings. The van der Waals surface area contributed by atoms with E-state index in [2.05, 4.69) is 50.5 Å². The molecule has 0 bridgehead atoms. The molecule has 0 aliphatic heterocycles. The molecular weight excluding hydrogens is 520 g/mol. The highest BCUT2D eigenvalue weighted by Gasteiger charge is 2.16. The van der Waals surface area contributed by atoms with E-state index in [1.807, 2.05) is 38.1 Å². The number of benzene rings is 2. The van der Waals surface area contributed by atoms with Crippen molar-refractivity contribution in [3.63, 3.8) is 0 Å². The number of amides is 1. The van der Waals surface area contributed by atoms with E-state index in [0.29, 0.717) is 30.3 Å². The van der Waals surface area contributed by atoms with Gasteiger partial charge in [-0.1, -0.05) is 6.07 Å². The Morgan fingerprint density at radius 1 is 1.09 bits per heavy atom. The average molecular weight is 537 g/mol. The van der Waals surface area contributed by atoms with Crippen molar-refractivity contribution in [3.05, 3.63) is 49.1 Å². The molecule has 6 heteroatoms. The van der Waals surface area contributed by atoms with Crippen LogP contribution in [0.15, 0.2) is 36.4 Å². The van der Waals surface area contributed by atoms with Gasteiger partial charge >= 0.3 is 0 Å². The first-order valence-electron chi connectivity index (χ1n) is 7.21. The van der Waals surface area contributed by atoms with Crippen LogP contribution in [0.4, 0.5) is 5.69 Å². The first kappa shape index (κ1) is 18.3. The SMILES string of the molecule is CCOc1cc(C(=O)Nc2cccc(I)c2)cc(I)c1OCC. The molecule has 0 fully saturated rings. The second-order valence-corrected chi connectivity index (χ2v) is 7.02. The van der Waals surface area contributed by atoms with Crippen molar-refractivity contribution < 1.29 is 14.3 Å². The lowest BCUT2D eigenvalue weighted by Gasteiger charge is -2.14. The highest BCUT2D eigenvalue weighted by atomic mass is 127. The highest BCUT2D eigenvalue weighted by molar-refractivity contribution is 14.1. The molecule has 0 radical (unpaired) electrons. The first-order chi connectivity index (χ1) is 11.0. The normalized spacial score (nSPS) is 10.3. The van der Waals surface area contributed by atoms with E-state index in [9.17, 15) is 4.79 Å². The van der Waals surface area contributed by atoms with Gasteiger partial charge in [0, 0.05) is 14.8 Å². The number of carbonyl (C=O) groups excluding carboxylic acids is 1. The topological polar surface area (TPSA) is 47.6 Å². The summed E-state index contributed by atoms with van der Waals surface area (Å²) in [6.07, 6.45) is 0. The lowest BCUT2D eigenvalue weighted by atomic mass is 10.2. The number of ether oxygens (including phenoxy) is 2. The van der Waals surface area contributed by atoms with E-state index in [1.54, 1.807) is 12.1 Å². The van der Waals surface area contributed by atoms with Crippen molar-refractivity contribution in [2.24, 2.45) is 0 Å². The minimum atomic E-state index is -0.172. The van der Waals surface area contributed by atoms with Crippen LogP contribution in [0.5, 0.6) is 11.5 Å². The molecule has 0 spiro atoms. The zero-order valence-corrected chi connectivity index (χ0v) is 17.2. The van der Waals surface area contributed by atoms with Crippen LogP contribution in [0.3, 0.4) is 0 Å². The second kappa shape index (κ2) is 8.72. The Kier molecular flexibility index (Phi) is 6.94. The quantitative estimate of drug-likeness (QED) is 0.532. The van der Waals surface area contributed by atoms with Gasteiger partial charge in [0.05, 0.1) is 16.8 Å². The Morgan fingerprint density at radius 3 is 2.48 bits per heavy atom. The number of hydrogen-bond acceptors (Lipinski definition) is 3. The Morgan fingerprint density at radius 2 is 1.83 bits per heavy atom. The number of rotatable bonds is 6. The highest BCUT2D eigenvalue weighted by Crippen LogP contribution is 2.34. The molecule has 0 aliphatic carbocycles. The van der Waals surface area contributed by atoms with Crippen LogP contribution in [0.25, 0.3) is 0 Å². The maximum atomic E-state index is 12.5. The summed E-state index contributed by atoms with van der Waals surface area (Å²) in [7, 11) is 0. The van der Waals surface area contributed by atoms with Crippen molar-refractivity contribution in [2.75, 3.05) is 18.5 Å². The predicted molar refractivity (Wildman–Crippen MR) is 109 cm³/mol. The molecule has 0 atom stereocenters. The van der Waals surface area contributed by atoms with Gasteiger partial charge in [-0.05, 0) is 89.4 Å². The maximum absolute atomic E-state index is 12.5. The smallest absolute Gasteiger partial charge is 0.255 e. The fourth-order valence-electron chi connectivity index (χ4n) is 2.02. The first-order valence-corrected chi connectivity index (χ1v) is 9.37. The van der Waals surface area contributed by atoms with E-state index >= 15 is 0 Å². The molecule has 0 saturated heterocycles. The molecule has 0 aliphatic rings. The molecule has 0 heterocycles. The van der Waals surface area contributed by atoms with Crippen LogP contribution in [-0.4, -0.2) is 19.1 Å². The molecule has 0 aromatic heterocycles. The maximum Gasteiger partial charge on any atom is 0.255 e. The van der Waals surface area contributed by atoms with Gasteiger partial charge < -0.3 is 14.8 Å². The Balaban J connectivity index is 2.29. The largest absolute Gasteiger partial charge is 0.490 e. The van der Waals surface area contributed by atoms with Crippen molar-refractivity contribution in [2.45, 2.75) is 13.8 Å². The summed E-state index contributed by atoms with van der Waals surface area (Å²) in [6, 6.07) is 11.2. The summed E-state index contributed by atoms with van der Waals surface area (Å²) in [6.45, 7) is 4.88. The van der Waals surface area contributed by atoms with Gasteiger partial charge in [-0.25, -0.2) is 0 Å². The van der Waals surface area contributed by atoms with E-state index in [1.165, 1.54) is 0 Å². The molecule has 4 nitrogen and oxygen atoms in total. The van der Waals surface area contributed by atoms with Crippen LogP contribution in [0.2, 0.25) is 0 Å². The van der Waals surface area contributed by atoms with E-state index < -0.39 is 0 Å². The number of hydrogen-bond donors (Lipinski definition) is 1. The standard InChI is InChI=1S/C17H17I2NO3/c1-3-22-15-9-11(8-14(19)16(15)23-4-2)17(21)20-13-7-5-6-12(18)10-13/h5-10H,3-4H2,1-2H3,(H,20,21). The van der Waals surface area contributed by atoms with Crippen LogP contribution in [0.1, 0.15) is 24.2 Å². The van der Waals surface area contributed by atoms with Crippen molar-refractivity contribution in [1.82, 2.24) is 0 Å². The van der Waals surface area contributed by atoms with Crippen molar-refractivity contribution in [3.8, 4) is 11.5 Å². The van der Waals surface area contributed by atoms with Crippen molar-refractivity contribution >= 4 is 56.8 Å². The van der Waals surface area contributed by atoms with Gasteiger partial charge in [0.2, 0.25) is 0 Å². The molecule has 2 rings (SSSR count). The molecule has 23 heavy (non-hydrogen) atoms. The lowest BCUT2D eigenvalue weighted by molar-refractivity contribution is 0.102. The number of nitrogens with one attached hydrogen (secondary N) is 1. The number of halogens is 2. The van der Waals surface area contributed by atoms with Gasteiger partial charge in [0.25, 0.3) is 5.91 Å². The Labute approximate surface area is 163 Å². The van der Waals surface area contributed by atoms with Crippen molar-refractivity contribution in [1.29, 1.82) is 0 Å². The number of anilines is 1. The summed E-state index contributed by atoms with van der Waals surface area (Å²) in [5.74, 6) is 1.10. The predicted octanol–water partition coefficient (Wildman–Crippen LogP) is 4.95. The number of carbonyl (C=O) groups is 1. The van der Waals surface area contributed by atoms with Crippen LogP contribution < -0.4 is 14.8 Å². The average Bonchev–Trinajstić information content (AvgIpc) is 2.50. The van der Waals surface area contributed by atoms with E-state index in [-0.39, 0.29) is 5.91 Å². The van der Waals surface area contributed by atoms with Gasteiger partial charge in [0.15, 0.2) is 11.5 Å². The van der Waals surface area contributed by atoms with E-state index in [0.717, 1.165) is 12.8 Å². The third kappa shape index (κ3) is 4.97. The van der Waals surface area contributed by atoms with Gasteiger partial charge in [-0.15, -0.1) is 0 Å².